The van der Waals surface area contributed by atoms with Crippen molar-refractivity contribution < 1.29 is 4.79 Å². The zero-order valence-electron chi connectivity index (χ0n) is 12.7. The van der Waals surface area contributed by atoms with Gasteiger partial charge in [0.2, 0.25) is 5.91 Å². The summed E-state index contributed by atoms with van der Waals surface area (Å²) in [5, 5.41) is 7.01. The summed E-state index contributed by atoms with van der Waals surface area (Å²) in [6.07, 6.45) is 2.21. The van der Waals surface area contributed by atoms with E-state index < -0.39 is 0 Å². The molecule has 0 saturated carbocycles. The van der Waals surface area contributed by atoms with Gasteiger partial charge in [-0.15, -0.1) is 0 Å². The number of hydrogen-bond acceptors (Lipinski definition) is 3. The summed E-state index contributed by atoms with van der Waals surface area (Å²) in [5.74, 6) is -0.00440. The number of rotatable bonds is 5. The fourth-order valence-electron chi connectivity index (χ4n) is 2.63. The predicted molar refractivity (Wildman–Crippen MR) is 87.8 cm³/mol. The molecule has 116 valence electrons. The van der Waals surface area contributed by atoms with E-state index in [1.165, 1.54) is 0 Å². The Morgan fingerprint density at radius 1 is 1.33 bits per heavy atom. The third-order valence-electron chi connectivity index (χ3n) is 4.03. The van der Waals surface area contributed by atoms with E-state index in [4.69, 9.17) is 11.6 Å². The maximum atomic E-state index is 12.2. The largest absolute Gasteiger partial charge is 0.325 e. The number of piperidine rings is 1. The molecule has 4 nitrogen and oxygen atoms in total. The van der Waals surface area contributed by atoms with Crippen molar-refractivity contribution in [3.8, 4) is 0 Å². The molecule has 1 amide bonds. The fraction of sp³-hybridized carbons (Fsp3) is 0.562. The Morgan fingerprint density at radius 2 is 1.95 bits per heavy atom. The Hall–Kier alpha value is -1.10. The zero-order valence-corrected chi connectivity index (χ0v) is 13.5. The Bertz CT molecular complexity index is 455. The van der Waals surface area contributed by atoms with Crippen LogP contribution >= 0.6 is 11.6 Å². The minimum atomic E-state index is -0.196. The van der Waals surface area contributed by atoms with Crippen molar-refractivity contribution in [2.45, 2.75) is 38.8 Å². The number of likely N-dealkylation sites (tertiary alicyclic amines) is 1. The first-order chi connectivity index (χ1) is 10.1. The lowest BCUT2D eigenvalue weighted by Crippen LogP contribution is -2.48. The highest BCUT2D eigenvalue weighted by Crippen LogP contribution is 2.14. The molecule has 2 rings (SSSR count). The molecular formula is C16H24ClN3O. The smallest absolute Gasteiger partial charge is 0.241 e. The van der Waals surface area contributed by atoms with Crippen LogP contribution in [0.25, 0.3) is 0 Å². The van der Waals surface area contributed by atoms with Gasteiger partial charge in [0.15, 0.2) is 0 Å². The number of hydrogen-bond donors (Lipinski definition) is 2. The first kappa shape index (κ1) is 16.3. The molecular weight excluding hydrogens is 286 g/mol. The molecule has 2 N–H and O–H groups in total. The van der Waals surface area contributed by atoms with Gasteiger partial charge < -0.3 is 15.5 Å². The molecule has 5 heteroatoms. The predicted octanol–water partition coefficient (Wildman–Crippen LogP) is 2.74. The molecule has 0 aromatic heterocycles. The summed E-state index contributed by atoms with van der Waals surface area (Å²) >= 11 is 5.83. The highest BCUT2D eigenvalue weighted by atomic mass is 35.5. The maximum Gasteiger partial charge on any atom is 0.241 e. The summed E-state index contributed by atoms with van der Waals surface area (Å²) in [6.45, 7) is 7.44. The van der Waals surface area contributed by atoms with Crippen LogP contribution in [0.5, 0.6) is 0 Å². The molecule has 21 heavy (non-hydrogen) atoms. The van der Waals surface area contributed by atoms with Crippen LogP contribution in [0, 0.1) is 0 Å². The SMILES string of the molecule is CCN1CCC(NC(C)C(=O)Nc2ccc(Cl)cc2)CC1. The lowest BCUT2D eigenvalue weighted by Gasteiger charge is -2.32. The van der Waals surface area contributed by atoms with Crippen LogP contribution in [-0.2, 0) is 4.79 Å². The fourth-order valence-corrected chi connectivity index (χ4v) is 2.75. The molecule has 1 aliphatic heterocycles. The van der Waals surface area contributed by atoms with E-state index in [2.05, 4.69) is 22.5 Å². The van der Waals surface area contributed by atoms with Crippen molar-refractivity contribution in [2.24, 2.45) is 0 Å². The quantitative estimate of drug-likeness (QED) is 0.879. The number of nitrogens with one attached hydrogen (secondary N) is 2. The molecule has 0 radical (unpaired) electrons. The Kier molecular flexibility index (Phi) is 6.03. The van der Waals surface area contributed by atoms with Gasteiger partial charge in [-0.25, -0.2) is 0 Å². The lowest BCUT2D eigenvalue weighted by atomic mass is 10.0. The van der Waals surface area contributed by atoms with E-state index in [0.717, 1.165) is 38.2 Å². The molecule has 0 spiro atoms. The molecule has 1 aromatic carbocycles. The Balaban J connectivity index is 1.78. The van der Waals surface area contributed by atoms with Crippen molar-refractivity contribution in [1.82, 2.24) is 10.2 Å². The van der Waals surface area contributed by atoms with Crippen LogP contribution in [0.15, 0.2) is 24.3 Å². The van der Waals surface area contributed by atoms with Gasteiger partial charge in [0.1, 0.15) is 0 Å². The molecule has 1 heterocycles. The number of carbonyl (C=O) groups is 1. The summed E-state index contributed by atoms with van der Waals surface area (Å²) in [7, 11) is 0. The average molecular weight is 310 g/mol. The van der Waals surface area contributed by atoms with Crippen LogP contribution < -0.4 is 10.6 Å². The maximum absolute atomic E-state index is 12.2. The highest BCUT2D eigenvalue weighted by Gasteiger charge is 2.22. The van der Waals surface area contributed by atoms with Crippen LogP contribution in [0.4, 0.5) is 5.69 Å². The monoisotopic (exact) mass is 309 g/mol. The van der Waals surface area contributed by atoms with E-state index in [0.29, 0.717) is 11.1 Å². The third-order valence-corrected chi connectivity index (χ3v) is 4.28. The van der Waals surface area contributed by atoms with Crippen molar-refractivity contribution >= 4 is 23.2 Å². The number of anilines is 1. The minimum absolute atomic E-state index is 0.00440. The summed E-state index contributed by atoms with van der Waals surface area (Å²) in [6, 6.07) is 7.41. The van der Waals surface area contributed by atoms with Crippen molar-refractivity contribution in [2.75, 3.05) is 25.0 Å². The molecule has 1 aliphatic rings. The van der Waals surface area contributed by atoms with Crippen molar-refractivity contribution in [1.29, 1.82) is 0 Å². The van der Waals surface area contributed by atoms with Gasteiger partial charge in [-0.2, -0.15) is 0 Å². The highest BCUT2D eigenvalue weighted by molar-refractivity contribution is 6.30. The molecule has 1 saturated heterocycles. The Labute approximate surface area is 131 Å². The molecule has 1 unspecified atom stereocenters. The third kappa shape index (κ3) is 4.99. The first-order valence-corrected chi connectivity index (χ1v) is 8.01. The van der Waals surface area contributed by atoms with Gasteiger partial charge in [0, 0.05) is 16.8 Å². The number of benzene rings is 1. The number of nitrogens with zero attached hydrogens (tertiary/aromatic N) is 1. The molecule has 1 aromatic rings. The van der Waals surface area contributed by atoms with Gasteiger partial charge in [-0.3, -0.25) is 4.79 Å². The Morgan fingerprint density at radius 3 is 2.52 bits per heavy atom. The van der Waals surface area contributed by atoms with E-state index in [1.54, 1.807) is 12.1 Å². The normalized spacial score (nSPS) is 18.4. The molecule has 0 aliphatic carbocycles. The van der Waals surface area contributed by atoms with Gasteiger partial charge >= 0.3 is 0 Å². The second-order valence-electron chi connectivity index (χ2n) is 5.59. The zero-order chi connectivity index (χ0) is 15.2. The van der Waals surface area contributed by atoms with E-state index >= 15 is 0 Å². The van der Waals surface area contributed by atoms with E-state index in [9.17, 15) is 4.79 Å². The standard InChI is InChI=1S/C16H24ClN3O/c1-3-20-10-8-15(9-11-20)18-12(2)16(21)19-14-6-4-13(17)5-7-14/h4-7,12,15,18H,3,8-11H2,1-2H3,(H,19,21). The molecule has 0 bridgehead atoms. The van der Waals surface area contributed by atoms with Crippen LogP contribution in [0.1, 0.15) is 26.7 Å². The molecule has 1 fully saturated rings. The van der Waals surface area contributed by atoms with Crippen molar-refractivity contribution in [3.05, 3.63) is 29.3 Å². The second kappa shape index (κ2) is 7.78. The van der Waals surface area contributed by atoms with Crippen LogP contribution in [-0.4, -0.2) is 42.5 Å². The van der Waals surface area contributed by atoms with Gasteiger partial charge in [-0.1, -0.05) is 18.5 Å². The van der Waals surface area contributed by atoms with Gasteiger partial charge in [0.05, 0.1) is 6.04 Å². The summed E-state index contributed by atoms with van der Waals surface area (Å²) < 4.78 is 0. The van der Waals surface area contributed by atoms with Gasteiger partial charge in [-0.05, 0) is 63.7 Å². The summed E-state index contributed by atoms with van der Waals surface area (Å²) in [4.78, 5) is 14.6. The van der Waals surface area contributed by atoms with Crippen molar-refractivity contribution in [3.63, 3.8) is 0 Å². The number of amides is 1. The van der Waals surface area contributed by atoms with Crippen LogP contribution in [0.3, 0.4) is 0 Å². The topological polar surface area (TPSA) is 44.4 Å². The lowest BCUT2D eigenvalue weighted by molar-refractivity contribution is -0.118. The number of carbonyl (C=O) groups excluding carboxylic acids is 1. The van der Waals surface area contributed by atoms with E-state index in [-0.39, 0.29) is 11.9 Å². The minimum Gasteiger partial charge on any atom is -0.325 e. The van der Waals surface area contributed by atoms with Gasteiger partial charge in [0.25, 0.3) is 0 Å². The molecule has 1 atom stereocenters. The number of halogens is 1. The summed E-state index contributed by atoms with van der Waals surface area (Å²) in [5.41, 5.74) is 0.777. The van der Waals surface area contributed by atoms with Crippen LogP contribution in [0.2, 0.25) is 5.02 Å². The second-order valence-corrected chi connectivity index (χ2v) is 6.03. The average Bonchev–Trinajstić information content (AvgIpc) is 2.50. The first-order valence-electron chi connectivity index (χ1n) is 7.63. The van der Waals surface area contributed by atoms with E-state index in [1.807, 2.05) is 19.1 Å².